The lowest BCUT2D eigenvalue weighted by Gasteiger charge is -2.21. The molecule has 13 heavy (non-hydrogen) atoms. The lowest BCUT2D eigenvalue weighted by molar-refractivity contribution is -0.0751. The minimum absolute atomic E-state index is 0.247. The van der Waals surface area contributed by atoms with Gasteiger partial charge in [-0.1, -0.05) is 0 Å². The highest BCUT2D eigenvalue weighted by Gasteiger charge is 2.19. The molecule has 1 rings (SSSR count). The fraction of sp³-hybridized carbons (Fsp3) is 0.778. The van der Waals surface area contributed by atoms with Crippen molar-refractivity contribution in [1.29, 1.82) is 0 Å². The van der Waals surface area contributed by atoms with E-state index in [0.717, 1.165) is 19.4 Å². The predicted octanol–water partition coefficient (Wildman–Crippen LogP) is 1.64. The molecule has 1 fully saturated rings. The molecule has 0 aromatic rings. The molecule has 4 heteroatoms. The van der Waals surface area contributed by atoms with Crippen LogP contribution in [0.4, 0.5) is 4.79 Å². The van der Waals surface area contributed by atoms with Gasteiger partial charge in [-0.2, -0.15) is 0 Å². The van der Waals surface area contributed by atoms with Gasteiger partial charge in [-0.15, -0.1) is 5.06 Å². The molecule has 1 amide bonds. The Morgan fingerprint density at radius 3 is 2.69 bits per heavy atom. The Morgan fingerprint density at radius 1 is 1.54 bits per heavy atom. The summed E-state index contributed by atoms with van der Waals surface area (Å²) in [6.45, 7) is 8.03. The van der Waals surface area contributed by atoms with E-state index in [0.29, 0.717) is 13.1 Å². The van der Waals surface area contributed by atoms with Crippen LogP contribution in [0.2, 0.25) is 0 Å². The zero-order valence-corrected chi connectivity index (χ0v) is 8.32. The molecule has 75 valence electrons. The van der Waals surface area contributed by atoms with Crippen LogP contribution in [0, 0.1) is 6.54 Å². The number of hydrogen-bond acceptors (Lipinski definition) is 3. The van der Waals surface area contributed by atoms with Crippen LogP contribution in [-0.4, -0.2) is 35.7 Å². The van der Waals surface area contributed by atoms with Gasteiger partial charge in [0.1, 0.15) is 0 Å². The highest BCUT2D eigenvalue weighted by atomic mass is 16.7. The Labute approximate surface area is 79.4 Å². The van der Waals surface area contributed by atoms with E-state index in [1.807, 2.05) is 20.4 Å². The van der Waals surface area contributed by atoms with Crippen LogP contribution >= 0.6 is 0 Å². The number of hydrogen-bond donors (Lipinski definition) is 0. The van der Waals surface area contributed by atoms with E-state index in [-0.39, 0.29) is 6.09 Å². The minimum Gasteiger partial charge on any atom is -0.351 e. The van der Waals surface area contributed by atoms with E-state index in [1.165, 1.54) is 0 Å². The molecule has 4 nitrogen and oxygen atoms in total. The quantitative estimate of drug-likeness (QED) is 0.670. The van der Waals surface area contributed by atoms with E-state index in [9.17, 15) is 4.79 Å². The Morgan fingerprint density at radius 2 is 2.23 bits per heavy atom. The first kappa shape index (κ1) is 10.3. The standard InChI is InChI=1S/C9H17N2O2/c1-3-10(4-2)9(12)13-11-7-5-6-8-11/h7H,3-6,8H2,1-2H3. The summed E-state index contributed by atoms with van der Waals surface area (Å²) in [4.78, 5) is 18.2. The topological polar surface area (TPSA) is 32.8 Å². The third-order valence-corrected chi connectivity index (χ3v) is 2.13. The van der Waals surface area contributed by atoms with Gasteiger partial charge in [0, 0.05) is 19.6 Å². The average molecular weight is 185 g/mol. The second-order valence-electron chi connectivity index (χ2n) is 2.99. The highest BCUT2D eigenvalue weighted by Crippen LogP contribution is 2.13. The van der Waals surface area contributed by atoms with E-state index in [1.54, 1.807) is 9.96 Å². The molecular weight excluding hydrogens is 168 g/mol. The smallest absolute Gasteiger partial charge is 0.351 e. The molecule has 1 saturated heterocycles. The first-order valence-electron chi connectivity index (χ1n) is 4.84. The van der Waals surface area contributed by atoms with Crippen molar-refractivity contribution in [3.63, 3.8) is 0 Å². The number of carbonyl (C=O) groups is 1. The van der Waals surface area contributed by atoms with Crippen molar-refractivity contribution < 1.29 is 9.63 Å². The molecule has 0 saturated carbocycles. The molecule has 0 spiro atoms. The maximum Gasteiger partial charge on any atom is 0.428 e. The molecule has 0 bridgehead atoms. The van der Waals surface area contributed by atoms with Crippen molar-refractivity contribution in [2.24, 2.45) is 0 Å². The molecular formula is C9H17N2O2. The van der Waals surface area contributed by atoms with Crippen molar-refractivity contribution in [1.82, 2.24) is 9.96 Å². The van der Waals surface area contributed by atoms with E-state index >= 15 is 0 Å². The summed E-state index contributed by atoms with van der Waals surface area (Å²) in [5.41, 5.74) is 0. The monoisotopic (exact) mass is 185 g/mol. The lowest BCUT2D eigenvalue weighted by atomic mass is 10.4. The molecule has 0 aromatic heterocycles. The molecule has 0 atom stereocenters. The first-order valence-corrected chi connectivity index (χ1v) is 4.84. The summed E-state index contributed by atoms with van der Waals surface area (Å²) in [5, 5.41) is 1.63. The van der Waals surface area contributed by atoms with Crippen LogP contribution in [0.3, 0.4) is 0 Å². The molecule has 0 unspecified atom stereocenters. The van der Waals surface area contributed by atoms with Gasteiger partial charge in [0.2, 0.25) is 0 Å². The van der Waals surface area contributed by atoms with Crippen molar-refractivity contribution in [2.45, 2.75) is 26.7 Å². The zero-order chi connectivity index (χ0) is 9.68. The normalized spacial score (nSPS) is 17.4. The van der Waals surface area contributed by atoms with Crippen LogP contribution in [0.1, 0.15) is 26.7 Å². The largest absolute Gasteiger partial charge is 0.428 e. The molecule has 0 aliphatic carbocycles. The van der Waals surface area contributed by atoms with Gasteiger partial charge in [-0.3, -0.25) is 0 Å². The minimum atomic E-state index is -0.247. The van der Waals surface area contributed by atoms with E-state index in [2.05, 4.69) is 0 Å². The molecule has 1 radical (unpaired) electrons. The summed E-state index contributed by atoms with van der Waals surface area (Å²) in [5.74, 6) is 0. The fourth-order valence-corrected chi connectivity index (χ4v) is 1.30. The van der Waals surface area contributed by atoms with Crippen LogP contribution < -0.4 is 0 Å². The maximum absolute atomic E-state index is 11.4. The number of carbonyl (C=O) groups excluding carboxylic acids is 1. The van der Waals surface area contributed by atoms with Crippen molar-refractivity contribution in [2.75, 3.05) is 19.6 Å². The van der Waals surface area contributed by atoms with Gasteiger partial charge in [-0.05, 0) is 26.7 Å². The Bertz CT molecular complexity index is 163. The Kier molecular flexibility index (Phi) is 4.02. The van der Waals surface area contributed by atoms with Crippen LogP contribution in [0.15, 0.2) is 0 Å². The number of hydroxylamine groups is 2. The van der Waals surface area contributed by atoms with E-state index in [4.69, 9.17) is 4.84 Å². The number of nitrogens with zero attached hydrogens (tertiary/aromatic N) is 2. The van der Waals surface area contributed by atoms with Crippen molar-refractivity contribution in [3.8, 4) is 0 Å². The third-order valence-electron chi connectivity index (χ3n) is 2.13. The molecule has 0 aromatic carbocycles. The molecule has 1 aliphatic rings. The Balaban J connectivity index is 2.29. The van der Waals surface area contributed by atoms with Gasteiger partial charge in [0.15, 0.2) is 0 Å². The van der Waals surface area contributed by atoms with Crippen LogP contribution in [-0.2, 0) is 4.84 Å². The molecule has 1 aliphatic heterocycles. The van der Waals surface area contributed by atoms with Gasteiger partial charge in [0.25, 0.3) is 0 Å². The fourth-order valence-electron chi connectivity index (χ4n) is 1.30. The number of amides is 1. The second kappa shape index (κ2) is 5.07. The van der Waals surface area contributed by atoms with Gasteiger partial charge < -0.3 is 9.74 Å². The maximum atomic E-state index is 11.4. The molecule has 1 heterocycles. The van der Waals surface area contributed by atoms with Crippen molar-refractivity contribution in [3.05, 3.63) is 6.54 Å². The summed E-state index contributed by atoms with van der Waals surface area (Å²) in [6, 6.07) is 0. The Hall–Kier alpha value is -0.770. The number of rotatable bonds is 3. The van der Waals surface area contributed by atoms with Crippen LogP contribution in [0.5, 0.6) is 0 Å². The average Bonchev–Trinajstić information content (AvgIpc) is 2.59. The van der Waals surface area contributed by atoms with Gasteiger partial charge in [-0.25, -0.2) is 4.79 Å². The molecule has 0 N–H and O–H groups in total. The predicted molar refractivity (Wildman–Crippen MR) is 49.6 cm³/mol. The van der Waals surface area contributed by atoms with Gasteiger partial charge >= 0.3 is 6.09 Å². The summed E-state index contributed by atoms with van der Waals surface area (Å²) >= 11 is 0. The third kappa shape index (κ3) is 2.88. The van der Waals surface area contributed by atoms with Crippen molar-refractivity contribution >= 4 is 6.09 Å². The summed E-state index contributed by atoms with van der Waals surface area (Å²) in [6.07, 6.45) is 1.83. The zero-order valence-electron chi connectivity index (χ0n) is 8.32. The van der Waals surface area contributed by atoms with Crippen LogP contribution in [0.25, 0.3) is 0 Å². The lowest BCUT2D eigenvalue weighted by Crippen LogP contribution is -2.35. The second-order valence-corrected chi connectivity index (χ2v) is 2.99. The van der Waals surface area contributed by atoms with E-state index < -0.39 is 0 Å². The SMILES string of the molecule is CCN(CC)C(=O)ON1[CH]CCC1. The van der Waals surface area contributed by atoms with Gasteiger partial charge in [0.05, 0.1) is 6.54 Å². The first-order chi connectivity index (χ1) is 6.27. The summed E-state index contributed by atoms with van der Waals surface area (Å²) in [7, 11) is 0. The summed E-state index contributed by atoms with van der Waals surface area (Å²) < 4.78 is 0. The highest BCUT2D eigenvalue weighted by molar-refractivity contribution is 5.67.